The lowest BCUT2D eigenvalue weighted by atomic mass is 10.2. The predicted octanol–water partition coefficient (Wildman–Crippen LogP) is 3.97. The third-order valence-corrected chi connectivity index (χ3v) is 4.83. The SMILES string of the molecule is COC(=O)[C@@H]1CCCN1c1ccc(N=Nc2ccc([N+](=O)[O-])cc2[N+](=O)[O-])cc1[N+](=O)[O-]. The summed E-state index contributed by atoms with van der Waals surface area (Å²) >= 11 is 0. The van der Waals surface area contributed by atoms with Crippen LogP contribution >= 0.6 is 0 Å². The van der Waals surface area contributed by atoms with Crippen molar-refractivity contribution in [3.63, 3.8) is 0 Å². The minimum atomic E-state index is -0.840. The number of carbonyl (C=O) groups excluding carboxylic acids is 1. The molecule has 1 fully saturated rings. The molecule has 2 aromatic carbocycles. The molecular weight excluding hydrogens is 428 g/mol. The number of nitro benzene ring substituents is 3. The molecular formula is C18H16N6O8. The number of ether oxygens (including phenoxy) is 1. The Morgan fingerprint density at radius 1 is 1.00 bits per heavy atom. The number of benzene rings is 2. The van der Waals surface area contributed by atoms with Crippen molar-refractivity contribution < 1.29 is 24.3 Å². The molecule has 3 rings (SSSR count). The molecule has 1 saturated heterocycles. The summed E-state index contributed by atoms with van der Waals surface area (Å²) < 4.78 is 4.77. The van der Waals surface area contributed by atoms with Crippen LogP contribution in [0.15, 0.2) is 46.6 Å². The Labute approximate surface area is 179 Å². The second-order valence-corrected chi connectivity index (χ2v) is 6.69. The summed E-state index contributed by atoms with van der Waals surface area (Å²) in [6, 6.07) is 6.16. The summed E-state index contributed by atoms with van der Waals surface area (Å²) in [6.07, 6.45) is 1.15. The van der Waals surface area contributed by atoms with E-state index in [1.165, 1.54) is 19.2 Å². The Bertz CT molecular complexity index is 1130. The van der Waals surface area contributed by atoms with Crippen molar-refractivity contribution >= 4 is 40.1 Å². The lowest BCUT2D eigenvalue weighted by molar-refractivity contribution is -0.393. The van der Waals surface area contributed by atoms with Crippen molar-refractivity contribution in [2.75, 3.05) is 18.6 Å². The summed E-state index contributed by atoms with van der Waals surface area (Å²) in [6.45, 7) is 0.427. The van der Waals surface area contributed by atoms with Gasteiger partial charge < -0.3 is 9.64 Å². The molecule has 0 amide bonds. The summed E-state index contributed by atoms with van der Waals surface area (Å²) in [5.74, 6) is -0.494. The van der Waals surface area contributed by atoms with Crippen molar-refractivity contribution in [3.05, 3.63) is 66.7 Å². The molecule has 1 atom stereocenters. The fourth-order valence-corrected chi connectivity index (χ4v) is 3.37. The van der Waals surface area contributed by atoms with Crippen LogP contribution in [0.5, 0.6) is 0 Å². The van der Waals surface area contributed by atoms with E-state index in [2.05, 4.69) is 10.2 Å². The molecule has 0 saturated carbocycles. The van der Waals surface area contributed by atoms with Crippen molar-refractivity contribution in [1.29, 1.82) is 0 Å². The van der Waals surface area contributed by atoms with E-state index in [1.807, 2.05) is 0 Å². The number of methoxy groups -OCH3 is 1. The van der Waals surface area contributed by atoms with E-state index in [0.29, 0.717) is 19.4 Å². The van der Waals surface area contributed by atoms with Crippen LogP contribution in [-0.4, -0.2) is 40.4 Å². The van der Waals surface area contributed by atoms with Gasteiger partial charge in [0.05, 0.1) is 33.6 Å². The van der Waals surface area contributed by atoms with Crippen LogP contribution in [0, 0.1) is 30.3 Å². The molecule has 32 heavy (non-hydrogen) atoms. The van der Waals surface area contributed by atoms with Crippen LogP contribution in [0.3, 0.4) is 0 Å². The third-order valence-electron chi connectivity index (χ3n) is 4.83. The molecule has 0 aliphatic carbocycles. The van der Waals surface area contributed by atoms with Gasteiger partial charge in [0.25, 0.3) is 11.4 Å². The van der Waals surface area contributed by atoms with Crippen LogP contribution in [0.2, 0.25) is 0 Å². The molecule has 14 nitrogen and oxygen atoms in total. The van der Waals surface area contributed by atoms with E-state index in [1.54, 1.807) is 4.90 Å². The average molecular weight is 444 g/mol. The van der Waals surface area contributed by atoms with Gasteiger partial charge >= 0.3 is 11.7 Å². The van der Waals surface area contributed by atoms with Gasteiger partial charge in [0.2, 0.25) is 0 Å². The number of anilines is 1. The zero-order valence-electron chi connectivity index (χ0n) is 16.6. The van der Waals surface area contributed by atoms with Gasteiger partial charge in [-0.05, 0) is 31.0 Å². The molecule has 1 heterocycles. The van der Waals surface area contributed by atoms with Gasteiger partial charge in [0.15, 0.2) is 5.69 Å². The first-order chi connectivity index (χ1) is 15.2. The normalized spacial score (nSPS) is 15.7. The van der Waals surface area contributed by atoms with Gasteiger partial charge in [-0.3, -0.25) is 30.3 Å². The van der Waals surface area contributed by atoms with Crippen LogP contribution in [0.4, 0.5) is 34.1 Å². The topological polar surface area (TPSA) is 184 Å². The maximum atomic E-state index is 12.0. The number of azo groups is 1. The van der Waals surface area contributed by atoms with Crippen LogP contribution in [0.1, 0.15) is 12.8 Å². The minimum absolute atomic E-state index is 0.0296. The molecule has 1 aliphatic heterocycles. The average Bonchev–Trinajstić information content (AvgIpc) is 3.26. The fourth-order valence-electron chi connectivity index (χ4n) is 3.37. The zero-order chi connectivity index (χ0) is 23.4. The Hall–Kier alpha value is -4.49. The highest BCUT2D eigenvalue weighted by atomic mass is 16.6. The third kappa shape index (κ3) is 4.48. The van der Waals surface area contributed by atoms with E-state index in [9.17, 15) is 35.1 Å². The van der Waals surface area contributed by atoms with Gasteiger partial charge in [-0.2, -0.15) is 5.11 Å². The van der Waals surface area contributed by atoms with Crippen LogP contribution in [-0.2, 0) is 9.53 Å². The number of nitro groups is 3. The molecule has 0 aromatic heterocycles. The summed E-state index contributed by atoms with van der Waals surface area (Å²) in [5, 5.41) is 41.2. The van der Waals surface area contributed by atoms with Gasteiger partial charge in [-0.25, -0.2) is 4.79 Å². The number of esters is 1. The van der Waals surface area contributed by atoms with E-state index in [4.69, 9.17) is 4.74 Å². The lowest BCUT2D eigenvalue weighted by Gasteiger charge is -2.24. The maximum absolute atomic E-state index is 12.0. The van der Waals surface area contributed by atoms with E-state index < -0.39 is 38.2 Å². The van der Waals surface area contributed by atoms with E-state index in [-0.39, 0.29) is 22.7 Å². The molecule has 0 unspecified atom stereocenters. The first-order valence-corrected chi connectivity index (χ1v) is 9.20. The van der Waals surface area contributed by atoms with Crippen molar-refractivity contribution in [1.82, 2.24) is 0 Å². The lowest BCUT2D eigenvalue weighted by Crippen LogP contribution is -2.37. The highest BCUT2D eigenvalue weighted by Gasteiger charge is 2.35. The van der Waals surface area contributed by atoms with Crippen molar-refractivity contribution in [3.8, 4) is 0 Å². The Morgan fingerprint density at radius 3 is 2.34 bits per heavy atom. The van der Waals surface area contributed by atoms with Gasteiger partial charge in [-0.15, -0.1) is 5.11 Å². The smallest absolute Gasteiger partial charge is 0.328 e. The minimum Gasteiger partial charge on any atom is -0.467 e. The fraction of sp³-hybridized carbons (Fsp3) is 0.278. The second kappa shape index (κ2) is 9.11. The first-order valence-electron chi connectivity index (χ1n) is 9.20. The standard InChI is InChI=1S/C18H16N6O8/c1-32-18(25)15-3-2-8-21(15)14-7-4-11(9-17(14)24(30)31)19-20-13-6-5-12(22(26)27)10-16(13)23(28)29/h4-7,9-10,15H,2-3,8H2,1H3/t15-/m0/s1. The number of nitrogens with zero attached hydrogens (tertiary/aromatic N) is 6. The van der Waals surface area contributed by atoms with E-state index in [0.717, 1.165) is 24.3 Å². The zero-order valence-corrected chi connectivity index (χ0v) is 16.6. The summed E-state index contributed by atoms with van der Waals surface area (Å²) in [4.78, 5) is 45.0. The Morgan fingerprint density at radius 2 is 1.72 bits per heavy atom. The second-order valence-electron chi connectivity index (χ2n) is 6.69. The molecule has 14 heteroatoms. The molecule has 0 radical (unpaired) electrons. The van der Waals surface area contributed by atoms with Crippen LogP contribution in [0.25, 0.3) is 0 Å². The molecule has 1 aliphatic rings. The number of carbonyl (C=O) groups is 1. The summed E-state index contributed by atoms with van der Waals surface area (Å²) in [7, 11) is 1.24. The maximum Gasteiger partial charge on any atom is 0.328 e. The summed E-state index contributed by atoms with van der Waals surface area (Å²) in [5.41, 5.74) is -1.45. The van der Waals surface area contributed by atoms with E-state index >= 15 is 0 Å². The number of hydrogen-bond acceptors (Lipinski definition) is 11. The molecule has 2 aromatic rings. The van der Waals surface area contributed by atoms with Crippen molar-refractivity contribution in [2.24, 2.45) is 10.2 Å². The first kappa shape index (κ1) is 22.2. The quantitative estimate of drug-likeness (QED) is 0.264. The number of rotatable bonds is 7. The molecule has 0 spiro atoms. The molecule has 166 valence electrons. The molecule has 0 N–H and O–H groups in total. The number of hydrogen-bond donors (Lipinski definition) is 0. The Kier molecular flexibility index (Phi) is 6.32. The Balaban J connectivity index is 1.96. The highest BCUT2D eigenvalue weighted by molar-refractivity contribution is 5.83. The number of non-ortho nitro benzene ring substituents is 1. The van der Waals surface area contributed by atoms with Crippen molar-refractivity contribution in [2.45, 2.75) is 18.9 Å². The highest BCUT2D eigenvalue weighted by Crippen LogP contribution is 2.38. The van der Waals surface area contributed by atoms with Gasteiger partial charge in [-0.1, -0.05) is 0 Å². The van der Waals surface area contributed by atoms with Gasteiger partial charge in [0, 0.05) is 18.7 Å². The largest absolute Gasteiger partial charge is 0.467 e. The van der Waals surface area contributed by atoms with Crippen LogP contribution < -0.4 is 4.90 Å². The van der Waals surface area contributed by atoms with Gasteiger partial charge in [0.1, 0.15) is 11.7 Å². The molecule has 0 bridgehead atoms. The monoisotopic (exact) mass is 444 g/mol. The predicted molar refractivity (Wildman–Crippen MR) is 109 cm³/mol.